The van der Waals surface area contributed by atoms with E-state index in [9.17, 15) is 9.59 Å². The van der Waals surface area contributed by atoms with E-state index in [1.54, 1.807) is 24.3 Å². The molecule has 0 amide bonds. The second kappa shape index (κ2) is 6.61. The molecule has 2 rings (SSSR count). The fourth-order valence-electron chi connectivity index (χ4n) is 2.97. The smallest absolute Gasteiger partial charge is 0.337 e. The molecule has 4 heteroatoms. The number of hydrogen-bond acceptors (Lipinski definition) is 4. The highest BCUT2D eigenvalue weighted by atomic mass is 16.5. The summed E-state index contributed by atoms with van der Waals surface area (Å²) in [6, 6.07) is 6.84. The van der Waals surface area contributed by atoms with Crippen molar-refractivity contribution < 1.29 is 14.3 Å². The second-order valence-electron chi connectivity index (χ2n) is 6.87. The van der Waals surface area contributed by atoms with Gasteiger partial charge in [-0.25, -0.2) is 4.79 Å². The van der Waals surface area contributed by atoms with Gasteiger partial charge in [-0.1, -0.05) is 12.1 Å². The number of nitrogens with zero attached hydrogens (tertiary/aromatic N) is 1. The number of carbonyl (C=O) groups excluding carboxylic acids is 2. The van der Waals surface area contributed by atoms with Crippen molar-refractivity contribution in [2.75, 3.05) is 20.2 Å². The largest absolute Gasteiger partial charge is 0.465 e. The molecule has 120 valence electrons. The van der Waals surface area contributed by atoms with Crippen molar-refractivity contribution in [3.63, 3.8) is 0 Å². The van der Waals surface area contributed by atoms with Crippen molar-refractivity contribution in [1.29, 1.82) is 0 Å². The SMILES string of the molecule is COC(=O)c1cccc(C(=O)C2CCN(C(C)(C)C)CC2)c1. The minimum Gasteiger partial charge on any atom is -0.465 e. The lowest BCUT2D eigenvalue weighted by molar-refractivity contribution is 0.0600. The third-order valence-corrected chi connectivity index (χ3v) is 4.38. The summed E-state index contributed by atoms with van der Waals surface area (Å²) in [5.74, 6) is -0.219. The summed E-state index contributed by atoms with van der Waals surface area (Å²) in [5.41, 5.74) is 1.19. The molecule has 0 bridgehead atoms. The van der Waals surface area contributed by atoms with Crippen LogP contribution in [0.3, 0.4) is 0 Å². The van der Waals surface area contributed by atoms with Gasteiger partial charge in [0, 0.05) is 17.0 Å². The average molecular weight is 303 g/mol. The van der Waals surface area contributed by atoms with E-state index in [1.807, 2.05) is 0 Å². The molecule has 1 aromatic carbocycles. The highest BCUT2D eigenvalue weighted by molar-refractivity contribution is 6.00. The van der Waals surface area contributed by atoms with E-state index in [4.69, 9.17) is 4.74 Å². The van der Waals surface area contributed by atoms with Crippen molar-refractivity contribution >= 4 is 11.8 Å². The number of ether oxygens (including phenoxy) is 1. The Kier molecular flexibility index (Phi) is 5.01. The Labute approximate surface area is 132 Å². The third kappa shape index (κ3) is 3.74. The van der Waals surface area contributed by atoms with Crippen LogP contribution in [0.4, 0.5) is 0 Å². The van der Waals surface area contributed by atoms with Crippen LogP contribution in [0.2, 0.25) is 0 Å². The maximum absolute atomic E-state index is 12.6. The first-order valence-corrected chi connectivity index (χ1v) is 7.80. The summed E-state index contributed by atoms with van der Waals surface area (Å²) in [6.45, 7) is 8.49. The van der Waals surface area contributed by atoms with Gasteiger partial charge in [0.2, 0.25) is 0 Å². The van der Waals surface area contributed by atoms with E-state index in [1.165, 1.54) is 7.11 Å². The molecule has 1 aromatic rings. The molecule has 0 spiro atoms. The number of hydrogen-bond donors (Lipinski definition) is 0. The fourth-order valence-corrected chi connectivity index (χ4v) is 2.97. The number of esters is 1. The van der Waals surface area contributed by atoms with Crippen LogP contribution in [0.5, 0.6) is 0 Å². The van der Waals surface area contributed by atoms with Crippen molar-refractivity contribution in [3.8, 4) is 0 Å². The van der Waals surface area contributed by atoms with Gasteiger partial charge in [-0.2, -0.15) is 0 Å². The van der Waals surface area contributed by atoms with Crippen molar-refractivity contribution in [2.45, 2.75) is 39.2 Å². The van der Waals surface area contributed by atoms with Crippen LogP contribution in [0.1, 0.15) is 54.3 Å². The van der Waals surface area contributed by atoms with Crippen LogP contribution < -0.4 is 0 Å². The number of Topliss-reactive ketones (excluding diaryl/α,β-unsaturated/α-hetero) is 1. The van der Waals surface area contributed by atoms with Gasteiger partial charge in [-0.3, -0.25) is 9.69 Å². The molecule has 0 atom stereocenters. The molecule has 1 heterocycles. The first kappa shape index (κ1) is 16.7. The monoisotopic (exact) mass is 303 g/mol. The van der Waals surface area contributed by atoms with E-state index < -0.39 is 5.97 Å². The molecule has 22 heavy (non-hydrogen) atoms. The summed E-state index contributed by atoms with van der Waals surface area (Å²) in [7, 11) is 1.35. The first-order chi connectivity index (χ1) is 10.3. The molecule has 0 aliphatic carbocycles. The molecule has 0 radical (unpaired) electrons. The molecule has 0 N–H and O–H groups in total. The fraction of sp³-hybridized carbons (Fsp3) is 0.556. The summed E-state index contributed by atoms with van der Waals surface area (Å²) >= 11 is 0. The van der Waals surface area contributed by atoms with Crippen molar-refractivity contribution in [2.24, 2.45) is 5.92 Å². The zero-order valence-electron chi connectivity index (χ0n) is 13.9. The van der Waals surface area contributed by atoms with Crippen LogP contribution in [-0.2, 0) is 4.74 Å². The maximum Gasteiger partial charge on any atom is 0.337 e. The van der Waals surface area contributed by atoms with Crippen LogP contribution in [-0.4, -0.2) is 42.4 Å². The molecule has 1 saturated heterocycles. The Morgan fingerprint density at radius 1 is 1.14 bits per heavy atom. The number of rotatable bonds is 3. The van der Waals surface area contributed by atoms with E-state index >= 15 is 0 Å². The van der Waals surface area contributed by atoms with Gasteiger partial charge in [0.1, 0.15) is 0 Å². The minimum absolute atomic E-state index is 0.0477. The molecule has 1 aliphatic heterocycles. The molecule has 0 unspecified atom stereocenters. The standard InChI is InChI=1S/C18H25NO3/c1-18(2,3)19-10-8-13(9-11-19)16(20)14-6-5-7-15(12-14)17(21)22-4/h5-7,12-13H,8-11H2,1-4H3. The number of carbonyl (C=O) groups is 2. The maximum atomic E-state index is 12.6. The summed E-state index contributed by atoms with van der Waals surface area (Å²) in [6.07, 6.45) is 1.75. The van der Waals surface area contributed by atoms with Gasteiger partial charge in [0.05, 0.1) is 12.7 Å². The highest BCUT2D eigenvalue weighted by Crippen LogP contribution is 2.26. The quantitative estimate of drug-likeness (QED) is 0.635. The molecular weight excluding hydrogens is 278 g/mol. The Bertz CT molecular complexity index is 552. The Morgan fingerprint density at radius 3 is 2.27 bits per heavy atom. The van der Waals surface area contributed by atoms with Gasteiger partial charge in [-0.05, 0) is 58.8 Å². The second-order valence-corrected chi connectivity index (χ2v) is 6.87. The average Bonchev–Trinajstić information content (AvgIpc) is 2.53. The van der Waals surface area contributed by atoms with E-state index in [0.29, 0.717) is 11.1 Å². The Morgan fingerprint density at radius 2 is 1.73 bits per heavy atom. The molecule has 0 aromatic heterocycles. The summed E-state index contributed by atoms with van der Waals surface area (Å²) in [5, 5.41) is 0. The van der Waals surface area contributed by atoms with Crippen molar-refractivity contribution in [3.05, 3.63) is 35.4 Å². The number of benzene rings is 1. The third-order valence-electron chi connectivity index (χ3n) is 4.38. The number of ketones is 1. The zero-order valence-corrected chi connectivity index (χ0v) is 13.9. The predicted octanol–water partition coefficient (Wildman–Crippen LogP) is 3.17. The first-order valence-electron chi connectivity index (χ1n) is 7.80. The molecule has 4 nitrogen and oxygen atoms in total. The van der Waals surface area contributed by atoms with Crippen LogP contribution in [0.25, 0.3) is 0 Å². The summed E-state index contributed by atoms with van der Waals surface area (Å²) < 4.78 is 4.71. The topological polar surface area (TPSA) is 46.6 Å². The summed E-state index contributed by atoms with van der Waals surface area (Å²) in [4.78, 5) is 26.6. The van der Waals surface area contributed by atoms with E-state index in [0.717, 1.165) is 25.9 Å². The Hall–Kier alpha value is -1.68. The molecule has 0 saturated carbocycles. The lowest BCUT2D eigenvalue weighted by atomic mass is 9.87. The van der Waals surface area contributed by atoms with E-state index in [-0.39, 0.29) is 17.2 Å². The number of methoxy groups -OCH3 is 1. The van der Waals surface area contributed by atoms with Gasteiger partial charge in [0.25, 0.3) is 0 Å². The minimum atomic E-state index is -0.405. The van der Waals surface area contributed by atoms with Crippen LogP contribution in [0, 0.1) is 5.92 Å². The lowest BCUT2D eigenvalue weighted by Crippen LogP contribution is -2.47. The lowest BCUT2D eigenvalue weighted by Gasteiger charge is -2.40. The molecular formula is C18H25NO3. The Balaban J connectivity index is 2.06. The molecule has 1 fully saturated rings. The van der Waals surface area contributed by atoms with Crippen LogP contribution in [0.15, 0.2) is 24.3 Å². The van der Waals surface area contributed by atoms with E-state index in [2.05, 4.69) is 25.7 Å². The highest BCUT2D eigenvalue weighted by Gasteiger charge is 2.30. The number of likely N-dealkylation sites (tertiary alicyclic amines) is 1. The normalized spacial score (nSPS) is 17.3. The van der Waals surface area contributed by atoms with Crippen LogP contribution >= 0.6 is 0 Å². The van der Waals surface area contributed by atoms with Gasteiger partial charge < -0.3 is 4.74 Å². The zero-order chi connectivity index (χ0) is 16.3. The van der Waals surface area contributed by atoms with Gasteiger partial charge >= 0.3 is 5.97 Å². The predicted molar refractivity (Wildman–Crippen MR) is 86.2 cm³/mol. The van der Waals surface area contributed by atoms with Gasteiger partial charge in [-0.15, -0.1) is 0 Å². The van der Waals surface area contributed by atoms with Gasteiger partial charge in [0.15, 0.2) is 5.78 Å². The van der Waals surface area contributed by atoms with Crippen molar-refractivity contribution in [1.82, 2.24) is 4.90 Å². The number of piperidine rings is 1. The molecule has 1 aliphatic rings.